The van der Waals surface area contributed by atoms with E-state index in [4.69, 9.17) is 19.4 Å². The van der Waals surface area contributed by atoms with Gasteiger partial charge in [0.25, 0.3) is 5.92 Å². The first kappa shape index (κ1) is 23.9. The summed E-state index contributed by atoms with van der Waals surface area (Å²) in [7, 11) is 0. The fraction of sp³-hybridized carbons (Fsp3) is 0.207. The number of aromatic amines is 2. The maximum absolute atomic E-state index is 13.7. The van der Waals surface area contributed by atoms with Crippen molar-refractivity contribution in [1.82, 2.24) is 40.0 Å². The Kier molecular flexibility index (Phi) is 5.26. The molecule has 41 heavy (non-hydrogen) atoms. The number of nitrogens with one attached hydrogen (secondary N) is 2. The van der Waals surface area contributed by atoms with Gasteiger partial charge in [0, 0.05) is 49.2 Å². The topological polar surface area (TPSA) is 118 Å². The summed E-state index contributed by atoms with van der Waals surface area (Å²) in [5.41, 5.74) is 7.36. The van der Waals surface area contributed by atoms with Crippen LogP contribution in [0.25, 0.3) is 56.1 Å². The predicted molar refractivity (Wildman–Crippen MR) is 146 cm³/mol. The Hall–Kier alpha value is -4.97. The lowest BCUT2D eigenvalue weighted by molar-refractivity contribution is 0.0115. The zero-order valence-corrected chi connectivity index (χ0v) is 21.6. The van der Waals surface area contributed by atoms with E-state index >= 15 is 0 Å². The van der Waals surface area contributed by atoms with Gasteiger partial charge in [0.15, 0.2) is 23.0 Å². The molecule has 10 nitrogen and oxygen atoms in total. The van der Waals surface area contributed by atoms with Crippen LogP contribution in [0.5, 0.6) is 11.5 Å². The molecule has 0 bridgehead atoms. The molecule has 0 aliphatic carbocycles. The lowest BCUT2D eigenvalue weighted by atomic mass is 10.1. The molecule has 1 saturated heterocycles. The highest BCUT2D eigenvalue weighted by atomic mass is 19.3. The molecule has 0 unspecified atom stereocenters. The van der Waals surface area contributed by atoms with Gasteiger partial charge in [0.1, 0.15) is 11.0 Å². The summed E-state index contributed by atoms with van der Waals surface area (Å²) < 4.78 is 38.3. The van der Waals surface area contributed by atoms with Crippen molar-refractivity contribution in [2.24, 2.45) is 0 Å². The van der Waals surface area contributed by atoms with Crippen molar-refractivity contribution < 1.29 is 18.3 Å². The second kappa shape index (κ2) is 9.03. The summed E-state index contributed by atoms with van der Waals surface area (Å²) in [6.07, 6.45) is 5.05. The first-order valence-corrected chi connectivity index (χ1v) is 13.1. The fourth-order valence-corrected chi connectivity index (χ4v) is 5.44. The zero-order chi connectivity index (χ0) is 27.6. The Morgan fingerprint density at radius 3 is 2.71 bits per heavy atom. The van der Waals surface area contributed by atoms with Crippen LogP contribution in [0.4, 0.5) is 8.78 Å². The number of likely N-dealkylation sites (tertiary alicyclic amines) is 1. The molecule has 5 aromatic heterocycles. The highest BCUT2D eigenvalue weighted by molar-refractivity contribution is 5.95. The second-order valence-electron chi connectivity index (χ2n) is 10.3. The van der Waals surface area contributed by atoms with Crippen molar-refractivity contribution in [3.8, 4) is 45.5 Å². The average Bonchev–Trinajstić information content (AvgIpc) is 3.77. The van der Waals surface area contributed by atoms with Gasteiger partial charge in [-0.3, -0.25) is 20.0 Å². The number of hydrogen-bond acceptors (Lipinski definition) is 8. The Balaban J connectivity index is 1.14. The number of fused-ring (bicyclic) bond motifs is 3. The maximum Gasteiger partial charge on any atom is 0.261 e. The van der Waals surface area contributed by atoms with Crippen LogP contribution in [0.3, 0.4) is 0 Å². The highest BCUT2D eigenvalue weighted by Gasteiger charge is 2.38. The molecule has 8 rings (SSSR count). The Bertz CT molecular complexity index is 1950. The standard InChI is InChI=1S/C29H22F2N8O2/c30-29(31)6-8-39(14-29)13-16-9-18(12-32-11-16)19-2-3-21-26(34-19)27(38-37-21)28-35-20-5-7-33-24(25(20)36-28)17-1-4-22-23(10-17)41-15-40-22/h1-5,7,9-12H,6,8,13-15H2,(H,35,36)(H,37,38). The van der Waals surface area contributed by atoms with E-state index in [1.54, 1.807) is 23.5 Å². The third-order valence-corrected chi connectivity index (χ3v) is 7.42. The van der Waals surface area contributed by atoms with E-state index in [9.17, 15) is 8.78 Å². The Morgan fingerprint density at radius 1 is 0.902 bits per heavy atom. The molecule has 0 amide bonds. The minimum atomic E-state index is -2.63. The predicted octanol–water partition coefficient (Wildman–Crippen LogP) is 5.19. The SMILES string of the molecule is FC1(F)CCN(Cc2cncc(-c3ccc4[nH]nc(-c5nc6c(-c7ccc8c(c7)OCO8)nccc6[nH]5)c4n3)c2)C1. The number of imidazole rings is 1. The largest absolute Gasteiger partial charge is 0.454 e. The van der Waals surface area contributed by atoms with Crippen LogP contribution < -0.4 is 9.47 Å². The number of halogens is 2. The monoisotopic (exact) mass is 552 g/mol. The van der Waals surface area contributed by atoms with E-state index in [0.717, 1.165) is 27.7 Å². The van der Waals surface area contributed by atoms with Crippen LogP contribution >= 0.6 is 0 Å². The molecular weight excluding hydrogens is 530 g/mol. The first-order valence-electron chi connectivity index (χ1n) is 13.1. The third-order valence-electron chi connectivity index (χ3n) is 7.42. The summed E-state index contributed by atoms with van der Waals surface area (Å²) in [5, 5.41) is 7.55. The van der Waals surface area contributed by atoms with Crippen molar-refractivity contribution in [2.75, 3.05) is 19.9 Å². The van der Waals surface area contributed by atoms with Crippen LogP contribution in [-0.2, 0) is 6.54 Å². The first-order chi connectivity index (χ1) is 20.0. The van der Waals surface area contributed by atoms with E-state index in [1.807, 2.05) is 42.5 Å². The van der Waals surface area contributed by atoms with Crippen LogP contribution in [0.1, 0.15) is 12.0 Å². The molecular formula is C29H22F2N8O2. The summed E-state index contributed by atoms with van der Waals surface area (Å²) in [6.45, 7) is 0.739. The van der Waals surface area contributed by atoms with E-state index in [2.05, 4.69) is 25.1 Å². The number of ether oxygens (including phenoxy) is 2. The van der Waals surface area contributed by atoms with Crippen molar-refractivity contribution in [3.05, 3.63) is 66.6 Å². The molecule has 0 saturated carbocycles. The number of pyridine rings is 3. The van der Waals surface area contributed by atoms with E-state index in [1.165, 1.54) is 0 Å². The van der Waals surface area contributed by atoms with Crippen molar-refractivity contribution in [2.45, 2.75) is 18.9 Å². The van der Waals surface area contributed by atoms with Gasteiger partial charge in [-0.25, -0.2) is 18.7 Å². The number of rotatable bonds is 5. The minimum absolute atomic E-state index is 0.113. The van der Waals surface area contributed by atoms with Crippen molar-refractivity contribution in [1.29, 1.82) is 0 Å². The molecule has 2 aliphatic rings. The Labute approximate surface area is 231 Å². The van der Waals surface area contributed by atoms with Gasteiger partial charge in [-0.2, -0.15) is 5.10 Å². The van der Waals surface area contributed by atoms with E-state index in [0.29, 0.717) is 58.5 Å². The minimum Gasteiger partial charge on any atom is -0.454 e. The summed E-state index contributed by atoms with van der Waals surface area (Å²) in [4.78, 5) is 23.8. The van der Waals surface area contributed by atoms with Crippen LogP contribution in [0.15, 0.2) is 61.1 Å². The van der Waals surface area contributed by atoms with Crippen LogP contribution in [0, 0.1) is 0 Å². The molecule has 1 fully saturated rings. The Morgan fingerprint density at radius 2 is 1.80 bits per heavy atom. The molecule has 7 heterocycles. The van der Waals surface area contributed by atoms with Crippen molar-refractivity contribution >= 4 is 22.1 Å². The molecule has 1 aromatic carbocycles. The number of hydrogen-bond donors (Lipinski definition) is 2. The maximum atomic E-state index is 13.7. The van der Waals surface area contributed by atoms with E-state index < -0.39 is 5.92 Å². The number of alkyl halides is 2. The lowest BCUT2D eigenvalue weighted by Gasteiger charge is -2.15. The fourth-order valence-electron chi connectivity index (χ4n) is 5.44. The lowest BCUT2D eigenvalue weighted by Crippen LogP contribution is -2.24. The normalized spacial score (nSPS) is 16.2. The molecule has 0 atom stereocenters. The molecule has 6 aromatic rings. The summed E-state index contributed by atoms with van der Waals surface area (Å²) >= 11 is 0. The molecule has 204 valence electrons. The van der Waals surface area contributed by atoms with Gasteiger partial charge >= 0.3 is 0 Å². The zero-order valence-electron chi connectivity index (χ0n) is 21.6. The molecule has 2 N–H and O–H groups in total. The number of benzene rings is 1. The van der Waals surface area contributed by atoms with Crippen molar-refractivity contribution in [3.63, 3.8) is 0 Å². The second-order valence-corrected chi connectivity index (χ2v) is 10.3. The number of H-pyrrole nitrogens is 2. The molecule has 0 radical (unpaired) electrons. The van der Waals surface area contributed by atoms with Gasteiger partial charge in [0.2, 0.25) is 6.79 Å². The summed E-state index contributed by atoms with van der Waals surface area (Å²) in [5.74, 6) is -0.712. The number of nitrogens with zero attached hydrogens (tertiary/aromatic N) is 6. The average molecular weight is 553 g/mol. The third kappa shape index (κ3) is 4.23. The van der Waals surface area contributed by atoms with Gasteiger partial charge in [0.05, 0.1) is 29.0 Å². The van der Waals surface area contributed by atoms with E-state index in [-0.39, 0.29) is 19.8 Å². The summed E-state index contributed by atoms with van der Waals surface area (Å²) in [6, 6.07) is 13.3. The quantitative estimate of drug-likeness (QED) is 0.300. The highest BCUT2D eigenvalue weighted by Crippen LogP contribution is 2.37. The van der Waals surface area contributed by atoms with Gasteiger partial charge in [-0.15, -0.1) is 0 Å². The van der Waals surface area contributed by atoms with Crippen LogP contribution in [-0.4, -0.2) is 65.8 Å². The number of aromatic nitrogens is 7. The van der Waals surface area contributed by atoms with Crippen LogP contribution in [0.2, 0.25) is 0 Å². The van der Waals surface area contributed by atoms with Gasteiger partial charge < -0.3 is 14.5 Å². The molecule has 0 spiro atoms. The van der Waals surface area contributed by atoms with Gasteiger partial charge in [-0.1, -0.05) is 0 Å². The smallest absolute Gasteiger partial charge is 0.261 e. The molecule has 12 heteroatoms. The molecule has 2 aliphatic heterocycles. The van der Waals surface area contributed by atoms with Gasteiger partial charge in [-0.05, 0) is 48.0 Å².